The molecule has 1 amide bonds. The number of amides is 1. The highest BCUT2D eigenvalue weighted by molar-refractivity contribution is 7.92. The number of piperidine rings is 1. The van der Waals surface area contributed by atoms with Gasteiger partial charge in [-0.05, 0) is 136 Å². The van der Waals surface area contributed by atoms with Gasteiger partial charge in [0.15, 0.2) is 11.5 Å². The molecule has 65 heavy (non-hydrogen) atoms. The molecule has 2 aliphatic heterocycles. The zero-order valence-electron chi connectivity index (χ0n) is 36.2. The van der Waals surface area contributed by atoms with Gasteiger partial charge in [0.1, 0.15) is 28.8 Å². The van der Waals surface area contributed by atoms with E-state index in [1.54, 1.807) is 49.8 Å². The third-order valence-electron chi connectivity index (χ3n) is 13.0. The minimum atomic E-state index is -3.44. The monoisotopic (exact) mass is 914 g/mol. The number of nitriles is 1. The van der Waals surface area contributed by atoms with E-state index in [2.05, 4.69) is 43.6 Å². The second kappa shape index (κ2) is 19.0. The average molecular weight is 916 g/mol. The van der Waals surface area contributed by atoms with Crippen molar-refractivity contribution < 1.29 is 22.7 Å². The fraction of sp³-hybridized carbons (Fsp3) is 0.367. The van der Waals surface area contributed by atoms with E-state index >= 15 is 0 Å². The van der Waals surface area contributed by atoms with Crippen molar-refractivity contribution in [2.24, 2.45) is 13.0 Å². The van der Waals surface area contributed by atoms with Crippen molar-refractivity contribution in [2.75, 3.05) is 34.6 Å². The lowest BCUT2D eigenvalue weighted by Gasteiger charge is -2.32. The van der Waals surface area contributed by atoms with Crippen LogP contribution in [0.1, 0.15) is 79.4 Å². The van der Waals surface area contributed by atoms with Crippen LogP contribution in [0.5, 0.6) is 17.2 Å². The SMILES string of the molecule is Cn1cc(-c2cc(N3CCCCS3(=O)=O)ccc2Oc2ccc(CCC3CCN(c4ccc(C(=O)NC5CCC(Oc6ccc(C#N)c(Cl)c6)CC5)nn4)CC3)cc2)c2cc[nH]c2c1=O. The fourth-order valence-corrected chi connectivity index (χ4v) is 11.1. The summed E-state index contributed by atoms with van der Waals surface area (Å²) < 4.78 is 41.8. The maximum absolute atomic E-state index is 13.1. The minimum Gasteiger partial charge on any atom is -0.490 e. The summed E-state index contributed by atoms with van der Waals surface area (Å²) in [4.78, 5) is 31.3. The molecule has 2 saturated heterocycles. The molecule has 336 valence electrons. The number of carbonyl (C=O) groups is 1. The maximum atomic E-state index is 13.1. The molecule has 9 rings (SSSR count). The normalized spacial score (nSPS) is 18.8. The number of pyridine rings is 1. The van der Waals surface area contributed by atoms with Gasteiger partial charge in [-0.15, -0.1) is 10.2 Å². The summed E-state index contributed by atoms with van der Waals surface area (Å²) >= 11 is 6.16. The van der Waals surface area contributed by atoms with Gasteiger partial charge in [0.05, 0.1) is 28.1 Å². The number of benzene rings is 3. The smallest absolute Gasteiger partial charge is 0.274 e. The molecule has 0 atom stereocenters. The number of halogens is 1. The summed E-state index contributed by atoms with van der Waals surface area (Å²) in [5, 5.41) is 22.1. The number of nitrogens with one attached hydrogen (secondary N) is 2. The lowest BCUT2D eigenvalue weighted by atomic mass is 9.90. The minimum absolute atomic E-state index is 0.0180. The number of rotatable bonds is 12. The van der Waals surface area contributed by atoms with Gasteiger partial charge in [-0.1, -0.05) is 23.7 Å². The molecule has 0 radical (unpaired) electrons. The highest BCUT2D eigenvalue weighted by Crippen LogP contribution is 2.40. The van der Waals surface area contributed by atoms with Crippen molar-refractivity contribution in [3.63, 3.8) is 0 Å². The van der Waals surface area contributed by atoms with E-state index < -0.39 is 10.0 Å². The molecule has 3 aliphatic rings. The first-order valence-electron chi connectivity index (χ1n) is 22.4. The second-order valence-corrected chi connectivity index (χ2v) is 19.7. The lowest BCUT2D eigenvalue weighted by Crippen LogP contribution is -2.40. The Kier molecular flexibility index (Phi) is 12.8. The number of hydrogen-bond acceptors (Lipinski definition) is 10. The average Bonchev–Trinajstić information content (AvgIpc) is 3.82. The van der Waals surface area contributed by atoms with Gasteiger partial charge in [-0.25, -0.2) is 8.42 Å². The second-order valence-electron chi connectivity index (χ2n) is 17.3. The molecule has 5 heterocycles. The van der Waals surface area contributed by atoms with E-state index in [-0.39, 0.29) is 29.4 Å². The summed E-state index contributed by atoms with van der Waals surface area (Å²) in [6, 6.07) is 26.3. The van der Waals surface area contributed by atoms with Gasteiger partial charge in [-0.3, -0.25) is 13.9 Å². The Morgan fingerprint density at radius 3 is 2.42 bits per heavy atom. The summed E-state index contributed by atoms with van der Waals surface area (Å²) in [5.41, 5.74) is 4.28. The van der Waals surface area contributed by atoms with Crippen LogP contribution in [0.15, 0.2) is 96.1 Å². The predicted octanol–water partition coefficient (Wildman–Crippen LogP) is 8.54. The Labute approximate surface area is 383 Å². The van der Waals surface area contributed by atoms with E-state index in [1.165, 1.54) is 14.4 Å². The number of aromatic amines is 1. The van der Waals surface area contributed by atoms with Crippen LogP contribution < -0.4 is 29.6 Å². The number of hydrogen-bond donors (Lipinski definition) is 2. The van der Waals surface area contributed by atoms with E-state index in [0.29, 0.717) is 69.2 Å². The molecular weight excluding hydrogens is 864 g/mol. The van der Waals surface area contributed by atoms with Crippen LogP contribution >= 0.6 is 11.6 Å². The van der Waals surface area contributed by atoms with Crippen molar-refractivity contribution in [2.45, 2.75) is 76.4 Å². The van der Waals surface area contributed by atoms with Crippen molar-refractivity contribution in [3.8, 4) is 34.4 Å². The van der Waals surface area contributed by atoms with Crippen LogP contribution in [0.25, 0.3) is 22.0 Å². The summed E-state index contributed by atoms with van der Waals surface area (Å²) in [7, 11) is -1.74. The van der Waals surface area contributed by atoms with Gasteiger partial charge in [-0.2, -0.15) is 5.26 Å². The maximum Gasteiger partial charge on any atom is 0.274 e. The van der Waals surface area contributed by atoms with Gasteiger partial charge < -0.3 is 29.2 Å². The zero-order chi connectivity index (χ0) is 45.1. The number of fused-ring (bicyclic) bond motifs is 1. The Bertz CT molecular complexity index is 2900. The van der Waals surface area contributed by atoms with E-state index in [4.69, 9.17) is 26.3 Å². The summed E-state index contributed by atoms with van der Waals surface area (Å²) in [5.74, 6) is 3.09. The molecular formula is C49H51ClN8O6S. The van der Waals surface area contributed by atoms with Gasteiger partial charge in [0.25, 0.3) is 11.5 Å². The molecule has 0 spiro atoms. The van der Waals surface area contributed by atoms with Crippen LogP contribution in [-0.2, 0) is 23.5 Å². The van der Waals surface area contributed by atoms with Crippen LogP contribution in [0.2, 0.25) is 5.02 Å². The molecule has 14 nitrogen and oxygen atoms in total. The van der Waals surface area contributed by atoms with Gasteiger partial charge in [0, 0.05) is 67.7 Å². The number of aromatic nitrogens is 4. The zero-order valence-corrected chi connectivity index (χ0v) is 37.8. The lowest BCUT2D eigenvalue weighted by molar-refractivity contribution is 0.0888. The molecule has 16 heteroatoms. The van der Waals surface area contributed by atoms with Crippen LogP contribution in [0.4, 0.5) is 11.5 Å². The summed E-state index contributed by atoms with van der Waals surface area (Å²) in [6.45, 7) is 2.15. The molecule has 1 aliphatic carbocycles. The van der Waals surface area contributed by atoms with Gasteiger partial charge in [0.2, 0.25) is 10.0 Å². The third-order valence-corrected chi connectivity index (χ3v) is 15.2. The number of H-pyrrole nitrogens is 1. The van der Waals surface area contributed by atoms with E-state index in [1.807, 2.05) is 36.4 Å². The van der Waals surface area contributed by atoms with Crippen molar-refractivity contribution in [1.29, 1.82) is 5.26 Å². The number of nitrogens with zero attached hydrogens (tertiary/aromatic N) is 6. The molecule has 3 aromatic carbocycles. The largest absolute Gasteiger partial charge is 0.490 e. The molecule has 0 bridgehead atoms. The molecule has 3 aromatic heterocycles. The molecule has 2 N–H and O–H groups in total. The number of sulfonamides is 1. The number of anilines is 2. The highest BCUT2D eigenvalue weighted by atomic mass is 35.5. The first kappa shape index (κ1) is 43.9. The number of aryl methyl sites for hydroxylation is 2. The standard InChI is InChI=1S/C49H51ClN8O6S/c1-56-31-42(40-20-23-52-47(40)49(56)60)41-28-36(58-24-2-3-27-65(58,61)62)11-18-45(41)64-38-12-6-32(7-13-38)4-5-33-21-25-57(26-22-33)46-19-17-44(54-55-46)48(59)53-35-9-15-37(16-10-35)63-39-14-8-34(30-51)43(50)29-39/h6-8,11-14,17-20,23,28-29,31,33,35,37,52H,2-5,9-10,15-16,21-22,24-27H2,1H3,(H,53,59). The third kappa shape index (κ3) is 9.84. The first-order valence-corrected chi connectivity index (χ1v) is 24.3. The number of carbonyl (C=O) groups excluding carboxylic acids is 1. The quantitative estimate of drug-likeness (QED) is 0.121. The Balaban J connectivity index is 0.761. The van der Waals surface area contributed by atoms with Crippen molar-refractivity contribution in [3.05, 3.63) is 123 Å². The molecule has 1 saturated carbocycles. The highest BCUT2D eigenvalue weighted by Gasteiger charge is 2.29. The van der Waals surface area contributed by atoms with Crippen LogP contribution in [-0.4, -0.2) is 71.6 Å². The van der Waals surface area contributed by atoms with E-state index in [0.717, 1.165) is 87.6 Å². The summed E-state index contributed by atoms with van der Waals surface area (Å²) in [6.07, 6.45) is 12.2. The predicted molar refractivity (Wildman–Crippen MR) is 251 cm³/mol. The van der Waals surface area contributed by atoms with Crippen LogP contribution in [0, 0.1) is 17.2 Å². The van der Waals surface area contributed by atoms with Crippen molar-refractivity contribution in [1.82, 2.24) is 25.1 Å². The topological polar surface area (TPSA) is 176 Å². The van der Waals surface area contributed by atoms with Crippen LogP contribution in [0.3, 0.4) is 0 Å². The van der Waals surface area contributed by atoms with Gasteiger partial charge >= 0.3 is 0 Å². The Hall–Kier alpha value is -6.37. The molecule has 6 aromatic rings. The Morgan fingerprint density at radius 1 is 0.908 bits per heavy atom. The molecule has 3 fully saturated rings. The van der Waals surface area contributed by atoms with E-state index in [9.17, 15) is 18.0 Å². The fourth-order valence-electron chi connectivity index (χ4n) is 9.26. The molecule has 0 unspecified atom stereocenters. The first-order chi connectivity index (χ1) is 31.5. The number of ether oxygens (including phenoxy) is 2. The van der Waals surface area contributed by atoms with Crippen molar-refractivity contribution >= 4 is 49.9 Å². The Morgan fingerprint density at radius 2 is 1.69 bits per heavy atom.